The maximum absolute atomic E-state index is 9.07. The molecule has 0 atom stereocenters. The van der Waals surface area contributed by atoms with Gasteiger partial charge >= 0.3 is 0 Å². The molecule has 0 aliphatic rings. The normalized spacial score (nSPS) is 10.1. The van der Waals surface area contributed by atoms with Crippen LogP contribution in [0.3, 0.4) is 0 Å². The van der Waals surface area contributed by atoms with Crippen LogP contribution in [0, 0.1) is 0 Å². The molecule has 0 saturated heterocycles. The number of aromatic nitrogens is 3. The molecule has 0 fully saturated rings. The predicted molar refractivity (Wildman–Crippen MR) is 66.7 cm³/mol. The molecular formula is C9H11ClN6O. The van der Waals surface area contributed by atoms with Crippen LogP contribution in [0.1, 0.15) is 5.56 Å². The summed E-state index contributed by atoms with van der Waals surface area (Å²) in [7, 11) is 0. The Kier molecular flexibility index (Phi) is 4.29. The second-order valence-electron chi connectivity index (χ2n) is 3.02. The van der Waals surface area contributed by atoms with Crippen molar-refractivity contribution in [3.05, 3.63) is 36.2 Å². The zero-order valence-corrected chi connectivity index (χ0v) is 9.50. The van der Waals surface area contributed by atoms with Crippen LogP contribution < -0.4 is 11.3 Å². The van der Waals surface area contributed by atoms with Crippen LogP contribution in [0.2, 0.25) is 0 Å². The second kappa shape index (κ2) is 5.71. The number of halogens is 1. The highest BCUT2D eigenvalue weighted by Crippen LogP contribution is 2.07. The number of benzene rings is 1. The summed E-state index contributed by atoms with van der Waals surface area (Å²) in [6.45, 7) is 0. The van der Waals surface area contributed by atoms with E-state index in [4.69, 9.17) is 10.9 Å². The number of hydrogen-bond acceptors (Lipinski definition) is 6. The fourth-order valence-corrected chi connectivity index (χ4v) is 1.05. The molecule has 2 rings (SSSR count). The smallest absolute Gasteiger partial charge is 0.263 e. The van der Waals surface area contributed by atoms with Crippen molar-refractivity contribution in [1.29, 1.82) is 0 Å². The van der Waals surface area contributed by atoms with Crippen LogP contribution in [-0.2, 0) is 0 Å². The summed E-state index contributed by atoms with van der Waals surface area (Å²) in [6.07, 6.45) is 2.94. The third-order valence-corrected chi connectivity index (χ3v) is 1.84. The number of nitrogen functional groups attached to an aromatic ring is 1. The Balaban J connectivity index is 0.00000144. The Morgan fingerprint density at radius 2 is 2.06 bits per heavy atom. The Bertz CT molecular complexity index is 494. The molecule has 1 aromatic carbocycles. The standard InChI is InChI=1S/C9H10N6O.ClH/c10-15-6-12-14-9(15)13-11-5-7-1-3-8(16)4-2-7;/h1-6,16H,10H2,(H,13,14);1H. The molecule has 0 spiro atoms. The minimum absolute atomic E-state index is 0. The van der Waals surface area contributed by atoms with Crippen LogP contribution in [0.25, 0.3) is 0 Å². The van der Waals surface area contributed by atoms with Gasteiger partial charge in [0.1, 0.15) is 12.1 Å². The molecule has 7 nitrogen and oxygen atoms in total. The maximum Gasteiger partial charge on any atom is 0.263 e. The van der Waals surface area contributed by atoms with E-state index in [1.54, 1.807) is 30.5 Å². The number of aromatic hydroxyl groups is 1. The SMILES string of the molecule is Cl.Nn1cnnc1NN=Cc1ccc(O)cc1. The lowest BCUT2D eigenvalue weighted by Crippen LogP contribution is -2.10. The second-order valence-corrected chi connectivity index (χ2v) is 3.02. The molecule has 0 bridgehead atoms. The number of nitrogens with one attached hydrogen (secondary N) is 1. The van der Waals surface area contributed by atoms with E-state index >= 15 is 0 Å². The number of phenolic OH excluding ortho intramolecular Hbond substituents is 1. The third-order valence-electron chi connectivity index (χ3n) is 1.84. The molecule has 0 aliphatic heterocycles. The number of nitrogens with two attached hydrogens (primary N) is 1. The Hall–Kier alpha value is -2.28. The fraction of sp³-hybridized carbons (Fsp3) is 0. The number of rotatable bonds is 3. The first-order valence-corrected chi connectivity index (χ1v) is 4.49. The monoisotopic (exact) mass is 254 g/mol. The highest BCUT2D eigenvalue weighted by Gasteiger charge is 1.96. The van der Waals surface area contributed by atoms with E-state index in [0.29, 0.717) is 5.95 Å². The van der Waals surface area contributed by atoms with E-state index in [1.165, 1.54) is 11.0 Å². The van der Waals surface area contributed by atoms with Crippen molar-refractivity contribution in [2.75, 3.05) is 11.3 Å². The topological polar surface area (TPSA) is 101 Å². The zero-order chi connectivity index (χ0) is 11.4. The molecular weight excluding hydrogens is 244 g/mol. The van der Waals surface area contributed by atoms with Crippen molar-refractivity contribution in [2.45, 2.75) is 0 Å². The van der Waals surface area contributed by atoms with Crippen LogP contribution in [0.4, 0.5) is 5.95 Å². The van der Waals surface area contributed by atoms with E-state index in [2.05, 4.69) is 20.7 Å². The van der Waals surface area contributed by atoms with Gasteiger partial charge in [-0.05, 0) is 29.8 Å². The van der Waals surface area contributed by atoms with Gasteiger partial charge in [0.05, 0.1) is 6.21 Å². The summed E-state index contributed by atoms with van der Waals surface area (Å²) in [5, 5.41) is 20.2. The lowest BCUT2D eigenvalue weighted by molar-refractivity contribution is 0.475. The van der Waals surface area contributed by atoms with Gasteiger partial charge < -0.3 is 10.9 Å². The highest BCUT2D eigenvalue weighted by molar-refractivity contribution is 5.85. The van der Waals surface area contributed by atoms with Crippen molar-refractivity contribution in [2.24, 2.45) is 5.10 Å². The van der Waals surface area contributed by atoms with Crippen molar-refractivity contribution in [3.63, 3.8) is 0 Å². The van der Waals surface area contributed by atoms with E-state index in [0.717, 1.165) is 5.56 Å². The Morgan fingerprint density at radius 3 is 2.65 bits per heavy atom. The van der Waals surface area contributed by atoms with Crippen molar-refractivity contribution < 1.29 is 5.11 Å². The summed E-state index contributed by atoms with van der Waals surface area (Å²) < 4.78 is 1.22. The van der Waals surface area contributed by atoms with Gasteiger partial charge in [0.2, 0.25) is 0 Å². The van der Waals surface area contributed by atoms with Gasteiger partial charge in [-0.3, -0.25) is 0 Å². The molecule has 8 heteroatoms. The maximum atomic E-state index is 9.07. The van der Waals surface area contributed by atoms with E-state index in [-0.39, 0.29) is 18.2 Å². The zero-order valence-electron chi connectivity index (χ0n) is 8.69. The molecule has 4 N–H and O–H groups in total. The van der Waals surface area contributed by atoms with Gasteiger partial charge in [-0.15, -0.1) is 22.6 Å². The average molecular weight is 255 g/mol. The lowest BCUT2D eigenvalue weighted by Gasteiger charge is -1.97. The van der Waals surface area contributed by atoms with Crippen molar-refractivity contribution >= 4 is 24.6 Å². The number of nitrogens with zero attached hydrogens (tertiary/aromatic N) is 4. The summed E-state index contributed by atoms with van der Waals surface area (Å²) in [6, 6.07) is 6.61. The molecule has 0 unspecified atom stereocenters. The van der Waals surface area contributed by atoms with Gasteiger partial charge in [0.15, 0.2) is 0 Å². The third kappa shape index (κ3) is 3.35. The molecule has 2 aromatic rings. The van der Waals surface area contributed by atoms with Gasteiger partial charge in [0.25, 0.3) is 5.95 Å². The summed E-state index contributed by atoms with van der Waals surface area (Å²) >= 11 is 0. The fourth-order valence-electron chi connectivity index (χ4n) is 1.05. The molecule has 90 valence electrons. The van der Waals surface area contributed by atoms with Gasteiger partial charge in [-0.25, -0.2) is 10.1 Å². The minimum Gasteiger partial charge on any atom is -0.508 e. The summed E-state index contributed by atoms with van der Waals surface area (Å²) in [5.74, 6) is 6.02. The van der Waals surface area contributed by atoms with Crippen LogP contribution in [0.5, 0.6) is 5.75 Å². The van der Waals surface area contributed by atoms with Crippen LogP contribution in [0.15, 0.2) is 35.7 Å². The van der Waals surface area contributed by atoms with Crippen LogP contribution >= 0.6 is 12.4 Å². The van der Waals surface area contributed by atoms with Crippen molar-refractivity contribution in [1.82, 2.24) is 14.9 Å². The van der Waals surface area contributed by atoms with E-state index < -0.39 is 0 Å². The number of hydrogen-bond donors (Lipinski definition) is 3. The quantitative estimate of drug-likeness (QED) is 0.422. The lowest BCUT2D eigenvalue weighted by atomic mass is 10.2. The molecule has 1 heterocycles. The molecule has 17 heavy (non-hydrogen) atoms. The van der Waals surface area contributed by atoms with Crippen molar-refractivity contribution in [3.8, 4) is 5.75 Å². The molecule has 0 radical (unpaired) electrons. The Labute approximate surface area is 103 Å². The van der Waals surface area contributed by atoms with Gasteiger partial charge in [-0.1, -0.05) is 0 Å². The van der Waals surface area contributed by atoms with Gasteiger partial charge in [0, 0.05) is 0 Å². The van der Waals surface area contributed by atoms with E-state index in [9.17, 15) is 0 Å². The van der Waals surface area contributed by atoms with E-state index in [1.807, 2.05) is 0 Å². The first-order chi connectivity index (χ1) is 7.75. The first kappa shape index (κ1) is 12.8. The van der Waals surface area contributed by atoms with Crippen LogP contribution in [-0.4, -0.2) is 26.2 Å². The highest BCUT2D eigenvalue weighted by atomic mass is 35.5. The minimum atomic E-state index is 0. The first-order valence-electron chi connectivity index (χ1n) is 4.49. The molecule has 0 amide bonds. The number of hydrazone groups is 1. The molecule has 1 aromatic heterocycles. The molecule has 0 saturated carbocycles. The number of anilines is 1. The predicted octanol–water partition coefficient (Wildman–Crippen LogP) is 0.565. The number of phenols is 1. The molecule has 0 aliphatic carbocycles. The van der Waals surface area contributed by atoms with Gasteiger partial charge in [-0.2, -0.15) is 5.10 Å². The Morgan fingerprint density at radius 1 is 1.35 bits per heavy atom. The summed E-state index contributed by atoms with van der Waals surface area (Å²) in [5.41, 5.74) is 3.47. The largest absolute Gasteiger partial charge is 0.508 e. The summed E-state index contributed by atoms with van der Waals surface area (Å²) in [4.78, 5) is 0. The average Bonchev–Trinajstić information content (AvgIpc) is 2.68.